The highest BCUT2D eigenvalue weighted by Crippen LogP contribution is 2.35. The van der Waals surface area contributed by atoms with Crippen LogP contribution in [0.5, 0.6) is 0 Å². The highest BCUT2D eigenvalue weighted by Gasteiger charge is 2.31. The van der Waals surface area contributed by atoms with Gasteiger partial charge in [0.15, 0.2) is 5.82 Å². The molecule has 0 aromatic carbocycles. The van der Waals surface area contributed by atoms with Crippen molar-refractivity contribution in [1.82, 2.24) is 24.0 Å². The largest absolute Gasteiger partial charge is 0.352 e. The number of nitrogens with zero attached hydrogens (tertiary/aromatic N) is 5. The summed E-state index contributed by atoms with van der Waals surface area (Å²) in [6.07, 6.45) is 10.4. The average molecular weight is 509 g/mol. The van der Waals surface area contributed by atoms with E-state index in [1.165, 1.54) is 6.42 Å². The van der Waals surface area contributed by atoms with Crippen molar-refractivity contribution < 1.29 is 8.42 Å². The first-order valence-electron chi connectivity index (χ1n) is 13.6. The molecule has 10 nitrogen and oxygen atoms in total. The first kappa shape index (κ1) is 26.5. The van der Waals surface area contributed by atoms with Crippen LogP contribution in [0.4, 0.5) is 11.9 Å². The van der Waals surface area contributed by atoms with Crippen LogP contribution in [0.25, 0.3) is 0 Å². The molecular formula is C24H44N8O2S. The molecule has 1 atom stereocenters. The number of piperidine rings is 2. The molecule has 0 amide bonds. The van der Waals surface area contributed by atoms with Crippen molar-refractivity contribution in [3.05, 3.63) is 5.82 Å². The zero-order valence-electron chi connectivity index (χ0n) is 21.5. The fourth-order valence-electron chi connectivity index (χ4n) is 5.47. The zero-order chi connectivity index (χ0) is 24.8. The molecule has 1 aromatic heterocycles. The Bertz CT molecular complexity index is 908. The Morgan fingerprint density at radius 3 is 2.17 bits per heavy atom. The second kappa shape index (κ2) is 12.1. The second-order valence-corrected chi connectivity index (χ2v) is 12.5. The van der Waals surface area contributed by atoms with E-state index in [9.17, 15) is 8.42 Å². The Labute approximate surface area is 211 Å². The Hall–Kier alpha value is -1.56. The highest BCUT2D eigenvalue weighted by atomic mass is 32.2. The molecule has 2 aliphatic heterocycles. The number of nitrogens with two attached hydrogens (primary N) is 1. The van der Waals surface area contributed by atoms with Gasteiger partial charge in [-0.1, -0.05) is 6.42 Å². The summed E-state index contributed by atoms with van der Waals surface area (Å²) >= 11 is 0. The van der Waals surface area contributed by atoms with Crippen LogP contribution in [0.3, 0.4) is 0 Å². The third kappa shape index (κ3) is 7.24. The average Bonchev–Trinajstić information content (AvgIpc) is 2.88. The topological polar surface area (TPSA) is 129 Å². The van der Waals surface area contributed by atoms with Gasteiger partial charge in [-0.15, -0.1) is 0 Å². The van der Waals surface area contributed by atoms with Gasteiger partial charge in [-0.3, -0.25) is 0 Å². The Morgan fingerprint density at radius 2 is 1.54 bits per heavy atom. The number of hydrogen-bond acceptors (Lipinski definition) is 8. The number of hydrogen-bond donors (Lipinski definition) is 3. The Kier molecular flexibility index (Phi) is 9.18. The third-order valence-corrected chi connectivity index (χ3v) is 9.18. The summed E-state index contributed by atoms with van der Waals surface area (Å²) in [6, 6.07) is -0.0277. The van der Waals surface area contributed by atoms with E-state index in [-0.39, 0.29) is 18.0 Å². The van der Waals surface area contributed by atoms with Crippen molar-refractivity contribution >= 4 is 22.1 Å². The van der Waals surface area contributed by atoms with Crippen LogP contribution in [0.1, 0.15) is 89.9 Å². The molecule has 35 heavy (non-hydrogen) atoms. The lowest BCUT2D eigenvalue weighted by Crippen LogP contribution is -2.45. The van der Waals surface area contributed by atoms with Crippen LogP contribution in [-0.2, 0) is 10.2 Å². The predicted octanol–water partition coefficient (Wildman–Crippen LogP) is 2.81. The predicted molar refractivity (Wildman–Crippen MR) is 139 cm³/mol. The fraction of sp³-hybridized carbons (Fsp3) is 0.875. The summed E-state index contributed by atoms with van der Waals surface area (Å²) in [5.41, 5.74) is 6.74. The fourth-order valence-corrected chi connectivity index (χ4v) is 6.84. The van der Waals surface area contributed by atoms with E-state index in [2.05, 4.69) is 28.8 Å². The molecule has 1 aliphatic carbocycles. The van der Waals surface area contributed by atoms with Gasteiger partial charge in [0, 0.05) is 38.8 Å². The van der Waals surface area contributed by atoms with E-state index in [0.29, 0.717) is 37.3 Å². The molecule has 1 aromatic rings. The summed E-state index contributed by atoms with van der Waals surface area (Å²) in [6.45, 7) is 7.87. The van der Waals surface area contributed by atoms with Gasteiger partial charge in [-0.25, -0.2) is 4.72 Å². The van der Waals surface area contributed by atoms with E-state index in [0.717, 1.165) is 76.8 Å². The molecule has 3 heterocycles. The molecule has 198 valence electrons. The summed E-state index contributed by atoms with van der Waals surface area (Å²) in [4.78, 5) is 16.5. The second-order valence-electron chi connectivity index (χ2n) is 10.8. The maximum atomic E-state index is 12.6. The number of anilines is 2. The van der Waals surface area contributed by atoms with Crippen molar-refractivity contribution in [2.24, 2.45) is 17.6 Å². The van der Waals surface area contributed by atoms with Gasteiger partial charge in [0.1, 0.15) is 0 Å². The summed E-state index contributed by atoms with van der Waals surface area (Å²) < 4.78 is 29.7. The minimum Gasteiger partial charge on any atom is -0.352 e. The minimum absolute atomic E-state index is 0.222. The van der Waals surface area contributed by atoms with E-state index in [1.54, 1.807) is 4.31 Å². The number of aromatic nitrogens is 3. The van der Waals surface area contributed by atoms with Crippen LogP contribution < -0.4 is 20.7 Å². The quantitative estimate of drug-likeness (QED) is 0.464. The molecular weight excluding hydrogens is 464 g/mol. The van der Waals surface area contributed by atoms with Crippen molar-refractivity contribution in [3.63, 3.8) is 0 Å². The van der Waals surface area contributed by atoms with Gasteiger partial charge in [0.25, 0.3) is 10.2 Å². The molecule has 3 fully saturated rings. The smallest absolute Gasteiger partial charge is 0.279 e. The molecule has 1 saturated carbocycles. The lowest BCUT2D eigenvalue weighted by atomic mass is 9.78. The van der Waals surface area contributed by atoms with Gasteiger partial charge in [-0.05, 0) is 83.5 Å². The summed E-state index contributed by atoms with van der Waals surface area (Å²) in [5.74, 6) is 2.63. The van der Waals surface area contributed by atoms with E-state index >= 15 is 0 Å². The molecule has 2 saturated heterocycles. The molecule has 11 heteroatoms. The van der Waals surface area contributed by atoms with Gasteiger partial charge < -0.3 is 16.0 Å². The lowest BCUT2D eigenvalue weighted by Gasteiger charge is -2.33. The van der Waals surface area contributed by atoms with E-state index in [4.69, 9.17) is 20.7 Å². The van der Waals surface area contributed by atoms with Crippen LogP contribution >= 0.6 is 0 Å². The van der Waals surface area contributed by atoms with Gasteiger partial charge >= 0.3 is 0 Å². The lowest BCUT2D eigenvalue weighted by molar-refractivity contribution is 0.239. The maximum absolute atomic E-state index is 12.6. The normalized spacial score (nSPS) is 25.5. The molecule has 0 radical (unpaired) electrons. The van der Waals surface area contributed by atoms with Crippen LogP contribution in [0.15, 0.2) is 0 Å². The van der Waals surface area contributed by atoms with Crippen molar-refractivity contribution in [2.45, 2.75) is 90.1 Å². The monoisotopic (exact) mass is 508 g/mol. The van der Waals surface area contributed by atoms with E-state index < -0.39 is 10.2 Å². The zero-order valence-corrected chi connectivity index (χ0v) is 22.3. The van der Waals surface area contributed by atoms with Gasteiger partial charge in [-0.2, -0.15) is 27.7 Å². The van der Waals surface area contributed by atoms with Crippen molar-refractivity contribution in [1.29, 1.82) is 0 Å². The van der Waals surface area contributed by atoms with Crippen LogP contribution in [0.2, 0.25) is 0 Å². The molecule has 1 unspecified atom stereocenters. The molecule has 3 aliphatic rings. The minimum atomic E-state index is -3.37. The first-order chi connectivity index (χ1) is 16.8. The molecule has 4 rings (SSSR count). The van der Waals surface area contributed by atoms with Gasteiger partial charge in [0.2, 0.25) is 11.9 Å². The summed E-state index contributed by atoms with van der Waals surface area (Å²) in [7, 11) is -3.37. The summed E-state index contributed by atoms with van der Waals surface area (Å²) in [5, 5.41) is 3.33. The number of rotatable bonds is 9. The Balaban J connectivity index is 1.35. The SMILES string of the molecule is CC(C)Nc1nc(C(N)C2CCC(CNS(=O)(=O)N3CCCCC3)CC2)nc(N2CCCCC2)n1. The van der Waals surface area contributed by atoms with Crippen LogP contribution in [0, 0.1) is 11.8 Å². The van der Waals surface area contributed by atoms with Gasteiger partial charge in [0.05, 0.1) is 6.04 Å². The van der Waals surface area contributed by atoms with Crippen molar-refractivity contribution in [2.75, 3.05) is 42.9 Å². The van der Waals surface area contributed by atoms with Crippen LogP contribution in [-0.4, -0.2) is 66.4 Å². The first-order valence-corrected chi connectivity index (χ1v) is 15.0. The molecule has 4 N–H and O–H groups in total. The number of nitrogens with one attached hydrogen (secondary N) is 2. The highest BCUT2D eigenvalue weighted by molar-refractivity contribution is 7.87. The van der Waals surface area contributed by atoms with Crippen molar-refractivity contribution in [3.8, 4) is 0 Å². The standard InChI is InChI=1S/C24H44N8O2S/c1-18(2)27-23-28-22(29-24(30-23)31-13-5-3-6-14-31)21(25)20-11-9-19(10-12-20)17-26-35(33,34)32-15-7-4-8-16-32/h18-21,26H,3-17,25H2,1-2H3,(H,27,28,29,30). The molecule has 0 spiro atoms. The third-order valence-electron chi connectivity index (χ3n) is 7.60. The van der Waals surface area contributed by atoms with E-state index in [1.807, 2.05) is 0 Å². The maximum Gasteiger partial charge on any atom is 0.279 e. The Morgan fingerprint density at radius 1 is 0.914 bits per heavy atom. The molecule has 0 bridgehead atoms.